The van der Waals surface area contributed by atoms with Crippen LogP contribution in [-0.2, 0) is 16.6 Å². The molecule has 2 aliphatic carbocycles. The fourth-order valence-corrected chi connectivity index (χ4v) is 8.01. The van der Waals surface area contributed by atoms with Crippen LogP contribution in [0, 0.1) is 16.7 Å². The van der Waals surface area contributed by atoms with E-state index in [4.69, 9.17) is 9.47 Å². The molecule has 0 radical (unpaired) electrons. The Hall–Kier alpha value is -1.30. The molecule has 172 valence electrons. The van der Waals surface area contributed by atoms with Gasteiger partial charge in [-0.1, -0.05) is 40.7 Å². The fourth-order valence-electron chi connectivity index (χ4n) is 8.01. The molecule has 1 saturated heterocycles. The van der Waals surface area contributed by atoms with Crippen molar-refractivity contribution in [3.05, 3.63) is 23.3 Å². The van der Waals surface area contributed by atoms with E-state index in [0.29, 0.717) is 11.8 Å². The number of hydrogen-bond acceptors (Lipinski definition) is 5. The third-order valence-corrected chi connectivity index (χ3v) is 10.3. The molecule has 1 saturated carbocycles. The SMILES string of the molecule is CC[C@@]1(OC)[C@@H]([C@](C)(O)C(C)(C)C)C[C@]2(C)[C@H]3Cc4ccc(O)c5c4[C@@]2(CCN3)[C@H]1O5. The number of hydrogen-bond donors (Lipinski definition) is 3. The molecule has 5 heteroatoms. The van der Waals surface area contributed by atoms with E-state index in [2.05, 4.69) is 46.0 Å². The molecule has 5 rings (SSSR count). The zero-order valence-electron chi connectivity index (χ0n) is 20.1. The van der Waals surface area contributed by atoms with Gasteiger partial charge < -0.3 is 25.0 Å². The standard InChI is InChI=1S/C26H39NO4/c1-8-26(30-7)17(24(6,29)22(2,3)4)14-23(5)18-13-15-9-10-16(28)20-19(15)25(23,11-12-27-18)21(26)31-20/h9-10,17-18,21,27-29H,8,11-14H2,1-7H3/t17-,18-,21-,23-,24+,25+,26-/m1/s1. The van der Waals surface area contributed by atoms with Crippen LogP contribution in [0.15, 0.2) is 12.1 Å². The minimum Gasteiger partial charge on any atom is -0.504 e. The van der Waals surface area contributed by atoms with E-state index in [0.717, 1.165) is 32.2 Å². The maximum absolute atomic E-state index is 12.1. The first-order chi connectivity index (χ1) is 14.4. The van der Waals surface area contributed by atoms with E-state index < -0.39 is 11.2 Å². The molecule has 0 aromatic heterocycles. The summed E-state index contributed by atoms with van der Waals surface area (Å²) >= 11 is 0. The average Bonchev–Trinajstić information content (AvgIpc) is 3.04. The Kier molecular flexibility index (Phi) is 4.29. The topological polar surface area (TPSA) is 71.0 Å². The summed E-state index contributed by atoms with van der Waals surface area (Å²) < 4.78 is 13.3. The Labute approximate surface area is 186 Å². The van der Waals surface area contributed by atoms with Gasteiger partial charge in [0.05, 0.1) is 5.60 Å². The second-order valence-electron chi connectivity index (χ2n) is 12.0. The maximum atomic E-state index is 12.1. The van der Waals surface area contributed by atoms with Crippen molar-refractivity contribution in [2.75, 3.05) is 13.7 Å². The first-order valence-electron chi connectivity index (χ1n) is 11.9. The molecule has 2 aliphatic heterocycles. The molecule has 3 N–H and O–H groups in total. The minimum atomic E-state index is -0.960. The third-order valence-electron chi connectivity index (χ3n) is 10.3. The molecule has 1 aromatic carbocycles. The molecule has 2 heterocycles. The van der Waals surface area contributed by atoms with E-state index in [1.54, 1.807) is 13.2 Å². The quantitative estimate of drug-likeness (QED) is 0.679. The highest BCUT2D eigenvalue weighted by Crippen LogP contribution is 2.72. The average molecular weight is 430 g/mol. The van der Waals surface area contributed by atoms with E-state index >= 15 is 0 Å². The van der Waals surface area contributed by atoms with E-state index in [9.17, 15) is 10.2 Å². The minimum absolute atomic E-state index is 0.112. The largest absolute Gasteiger partial charge is 0.504 e. The maximum Gasteiger partial charge on any atom is 0.165 e. The van der Waals surface area contributed by atoms with Gasteiger partial charge >= 0.3 is 0 Å². The normalized spacial score (nSPS) is 42.5. The van der Waals surface area contributed by atoms with Crippen molar-refractivity contribution in [3.63, 3.8) is 0 Å². The number of piperidine rings is 1. The lowest BCUT2D eigenvalue weighted by molar-refractivity contribution is -0.269. The summed E-state index contributed by atoms with van der Waals surface area (Å²) in [4.78, 5) is 0. The highest BCUT2D eigenvalue weighted by atomic mass is 16.6. The van der Waals surface area contributed by atoms with Crippen LogP contribution in [-0.4, -0.2) is 47.2 Å². The summed E-state index contributed by atoms with van der Waals surface area (Å²) in [6.07, 6.45) is 3.21. The molecule has 0 amide bonds. The summed E-state index contributed by atoms with van der Waals surface area (Å²) in [5.41, 5.74) is 0.207. The van der Waals surface area contributed by atoms with Crippen LogP contribution in [0.4, 0.5) is 0 Å². The van der Waals surface area contributed by atoms with Gasteiger partial charge in [0, 0.05) is 30.0 Å². The molecule has 0 unspecified atom stereocenters. The zero-order chi connectivity index (χ0) is 22.6. The third kappa shape index (κ3) is 2.23. The Morgan fingerprint density at radius 2 is 1.97 bits per heavy atom. The number of aliphatic hydroxyl groups is 1. The van der Waals surface area contributed by atoms with Crippen molar-refractivity contribution in [1.82, 2.24) is 5.32 Å². The molecule has 31 heavy (non-hydrogen) atoms. The van der Waals surface area contributed by atoms with Crippen molar-refractivity contribution in [2.45, 2.75) is 96.0 Å². The number of benzene rings is 1. The number of phenols is 1. The number of ether oxygens (including phenoxy) is 2. The molecule has 7 atom stereocenters. The van der Waals surface area contributed by atoms with Crippen molar-refractivity contribution in [2.24, 2.45) is 16.7 Å². The van der Waals surface area contributed by atoms with Crippen LogP contribution >= 0.6 is 0 Å². The summed E-state index contributed by atoms with van der Waals surface area (Å²) in [5.74, 6) is 0.764. The predicted molar refractivity (Wildman–Crippen MR) is 121 cm³/mol. The van der Waals surface area contributed by atoms with Gasteiger partial charge in [-0.25, -0.2) is 0 Å². The molecule has 2 fully saturated rings. The molecular weight excluding hydrogens is 390 g/mol. The molecule has 1 spiro atoms. The highest BCUT2D eigenvalue weighted by Gasteiger charge is 2.77. The van der Waals surface area contributed by atoms with E-state index in [1.807, 2.05) is 6.92 Å². The smallest absolute Gasteiger partial charge is 0.165 e. The summed E-state index contributed by atoms with van der Waals surface area (Å²) in [7, 11) is 1.78. The molecule has 2 bridgehead atoms. The van der Waals surface area contributed by atoms with Crippen molar-refractivity contribution in [3.8, 4) is 11.5 Å². The Morgan fingerprint density at radius 3 is 2.58 bits per heavy atom. The van der Waals surface area contributed by atoms with Crippen LogP contribution in [0.3, 0.4) is 0 Å². The first-order valence-corrected chi connectivity index (χ1v) is 11.9. The second-order valence-corrected chi connectivity index (χ2v) is 12.0. The first kappa shape index (κ1) is 21.5. The number of aromatic hydroxyl groups is 1. The van der Waals surface area contributed by atoms with Gasteiger partial charge in [0.1, 0.15) is 11.7 Å². The van der Waals surface area contributed by atoms with Gasteiger partial charge in [-0.2, -0.15) is 0 Å². The molecule has 5 nitrogen and oxygen atoms in total. The van der Waals surface area contributed by atoms with Crippen molar-refractivity contribution >= 4 is 0 Å². The van der Waals surface area contributed by atoms with Gasteiger partial charge in [0.25, 0.3) is 0 Å². The van der Waals surface area contributed by atoms with E-state index in [-0.39, 0.29) is 34.0 Å². The summed E-state index contributed by atoms with van der Waals surface area (Å²) in [6.45, 7) is 13.8. The van der Waals surface area contributed by atoms with Crippen LogP contribution < -0.4 is 10.1 Å². The highest BCUT2D eigenvalue weighted by molar-refractivity contribution is 5.62. The van der Waals surface area contributed by atoms with Gasteiger partial charge in [-0.15, -0.1) is 0 Å². The Morgan fingerprint density at radius 1 is 1.26 bits per heavy atom. The van der Waals surface area contributed by atoms with Gasteiger partial charge in [0.15, 0.2) is 11.5 Å². The lowest BCUT2D eigenvalue weighted by Crippen LogP contribution is -2.79. The predicted octanol–water partition coefficient (Wildman–Crippen LogP) is 3.93. The summed E-state index contributed by atoms with van der Waals surface area (Å²) in [5, 5.41) is 26.7. The Bertz CT molecular complexity index is 915. The Balaban J connectivity index is 1.82. The zero-order valence-corrected chi connectivity index (χ0v) is 20.1. The van der Waals surface area contributed by atoms with Crippen molar-refractivity contribution < 1.29 is 19.7 Å². The lowest BCUT2D eigenvalue weighted by atomic mass is 9.38. The van der Waals surface area contributed by atoms with Crippen LogP contribution in [0.5, 0.6) is 11.5 Å². The van der Waals surface area contributed by atoms with Gasteiger partial charge in [-0.05, 0) is 61.6 Å². The van der Waals surface area contributed by atoms with E-state index in [1.165, 1.54) is 11.1 Å². The van der Waals surface area contributed by atoms with Gasteiger partial charge in [0.2, 0.25) is 0 Å². The van der Waals surface area contributed by atoms with Gasteiger partial charge in [-0.3, -0.25) is 0 Å². The fraction of sp³-hybridized carbons (Fsp3) is 0.769. The second kappa shape index (κ2) is 6.18. The van der Waals surface area contributed by atoms with Crippen LogP contribution in [0.1, 0.15) is 71.9 Å². The molecular formula is C26H39NO4. The summed E-state index contributed by atoms with van der Waals surface area (Å²) in [6, 6.07) is 4.17. The number of methoxy groups -OCH3 is 1. The number of phenolic OH excluding ortho intramolecular Hbond substituents is 1. The van der Waals surface area contributed by atoms with Crippen LogP contribution in [0.25, 0.3) is 0 Å². The molecule has 1 aromatic rings. The van der Waals surface area contributed by atoms with Crippen LogP contribution in [0.2, 0.25) is 0 Å². The monoisotopic (exact) mass is 429 g/mol. The lowest BCUT2D eigenvalue weighted by Gasteiger charge is -2.69. The number of rotatable bonds is 3. The van der Waals surface area contributed by atoms with Crippen molar-refractivity contribution in [1.29, 1.82) is 0 Å². The molecule has 4 aliphatic rings. The number of nitrogens with one attached hydrogen (secondary N) is 1.